The fourth-order valence-electron chi connectivity index (χ4n) is 0.847. The number of carbonyl (C=O) groups excluding carboxylic acids is 3. The van der Waals surface area contributed by atoms with E-state index in [1.165, 1.54) is 0 Å². The van der Waals surface area contributed by atoms with Gasteiger partial charge in [0.15, 0.2) is 0 Å². The van der Waals surface area contributed by atoms with E-state index in [1.54, 1.807) is 13.8 Å². The Hall–Kier alpha value is -1.79. The van der Waals surface area contributed by atoms with E-state index < -0.39 is 12.0 Å². The molecule has 0 bridgehead atoms. The predicted molar refractivity (Wildman–Crippen MR) is 56.7 cm³/mol. The molecule has 0 aromatic heterocycles. The highest BCUT2D eigenvalue weighted by molar-refractivity contribution is 5.85. The van der Waals surface area contributed by atoms with Gasteiger partial charge in [0.1, 0.15) is 6.54 Å². The smallest absolute Gasteiger partial charge is 0.325 e. The molecule has 7 heteroatoms. The van der Waals surface area contributed by atoms with Gasteiger partial charge in [0.2, 0.25) is 5.91 Å². The van der Waals surface area contributed by atoms with Crippen LogP contribution in [-0.2, 0) is 14.3 Å². The van der Waals surface area contributed by atoms with Crippen LogP contribution in [0.3, 0.4) is 0 Å². The summed E-state index contributed by atoms with van der Waals surface area (Å²) in [6.07, 6.45) is 0. The van der Waals surface area contributed by atoms with Crippen molar-refractivity contribution in [2.24, 2.45) is 0 Å². The highest BCUT2D eigenvalue weighted by Crippen LogP contribution is 1.75. The summed E-state index contributed by atoms with van der Waals surface area (Å²) in [7, 11) is 0. The molecule has 0 heterocycles. The molecule has 0 aromatic carbocycles. The zero-order chi connectivity index (χ0) is 12.4. The maximum Gasteiger partial charge on any atom is 0.325 e. The molecular formula is C9H17N3O4. The molecule has 16 heavy (non-hydrogen) atoms. The van der Waals surface area contributed by atoms with Crippen LogP contribution in [0.4, 0.5) is 4.79 Å². The minimum atomic E-state index is -0.584. The van der Waals surface area contributed by atoms with Gasteiger partial charge < -0.3 is 20.7 Å². The zero-order valence-corrected chi connectivity index (χ0v) is 9.46. The van der Waals surface area contributed by atoms with Gasteiger partial charge in [0.25, 0.3) is 0 Å². The summed E-state index contributed by atoms with van der Waals surface area (Å²) in [4.78, 5) is 32.8. The van der Waals surface area contributed by atoms with Crippen LogP contribution in [0.25, 0.3) is 0 Å². The van der Waals surface area contributed by atoms with Crippen molar-refractivity contribution < 1.29 is 19.1 Å². The second-order valence-corrected chi connectivity index (χ2v) is 2.79. The van der Waals surface area contributed by atoms with Gasteiger partial charge in [-0.3, -0.25) is 9.59 Å². The molecule has 0 rings (SSSR count). The highest BCUT2D eigenvalue weighted by Gasteiger charge is 2.06. The SMILES string of the molecule is CCNC(=O)CNC(=O)NCC(=O)OCC. The van der Waals surface area contributed by atoms with Gasteiger partial charge in [-0.2, -0.15) is 0 Å². The van der Waals surface area contributed by atoms with Gasteiger partial charge in [-0.25, -0.2) is 4.79 Å². The fraction of sp³-hybridized carbons (Fsp3) is 0.667. The van der Waals surface area contributed by atoms with Crippen LogP contribution >= 0.6 is 0 Å². The Morgan fingerprint density at radius 1 is 1.00 bits per heavy atom. The van der Waals surface area contributed by atoms with Crippen molar-refractivity contribution >= 4 is 17.9 Å². The average molecular weight is 231 g/mol. The van der Waals surface area contributed by atoms with Crippen molar-refractivity contribution in [3.63, 3.8) is 0 Å². The molecule has 0 aromatic rings. The summed E-state index contributed by atoms with van der Waals surface area (Å²) in [5, 5.41) is 7.07. The third kappa shape index (κ3) is 7.60. The molecule has 0 saturated heterocycles. The molecule has 0 aliphatic heterocycles. The second kappa shape index (κ2) is 8.51. The van der Waals surface area contributed by atoms with Crippen molar-refractivity contribution in [3.8, 4) is 0 Å². The van der Waals surface area contributed by atoms with Crippen molar-refractivity contribution in [1.29, 1.82) is 0 Å². The van der Waals surface area contributed by atoms with Crippen LogP contribution in [0.1, 0.15) is 13.8 Å². The minimum absolute atomic E-state index is 0.123. The average Bonchev–Trinajstić information content (AvgIpc) is 2.24. The first-order valence-electron chi connectivity index (χ1n) is 5.04. The molecular weight excluding hydrogens is 214 g/mol. The molecule has 0 radical (unpaired) electrons. The summed E-state index contributed by atoms with van der Waals surface area (Å²) in [6.45, 7) is 3.88. The number of nitrogens with one attached hydrogen (secondary N) is 3. The number of likely N-dealkylation sites (N-methyl/N-ethyl adjacent to an activating group) is 1. The Bertz CT molecular complexity index is 231. The molecule has 0 unspecified atom stereocenters. The number of hydrogen-bond acceptors (Lipinski definition) is 4. The van der Waals surface area contributed by atoms with E-state index in [0.29, 0.717) is 6.54 Å². The molecule has 7 nitrogen and oxygen atoms in total. The number of rotatable bonds is 6. The van der Waals surface area contributed by atoms with Gasteiger partial charge in [0.05, 0.1) is 13.2 Å². The third-order valence-electron chi connectivity index (χ3n) is 1.48. The summed E-state index contributed by atoms with van der Waals surface area (Å²) in [5.41, 5.74) is 0. The van der Waals surface area contributed by atoms with Crippen LogP contribution in [0.15, 0.2) is 0 Å². The molecule has 0 atom stereocenters. The van der Waals surface area contributed by atoms with E-state index in [4.69, 9.17) is 0 Å². The summed E-state index contributed by atoms with van der Waals surface area (Å²) in [5.74, 6) is -0.801. The Balaban J connectivity index is 3.59. The molecule has 3 amide bonds. The summed E-state index contributed by atoms with van der Waals surface area (Å²) in [6, 6.07) is -0.584. The van der Waals surface area contributed by atoms with Crippen molar-refractivity contribution in [2.75, 3.05) is 26.2 Å². The number of ether oxygens (including phenoxy) is 1. The summed E-state index contributed by atoms with van der Waals surface area (Å²) < 4.78 is 4.60. The first kappa shape index (κ1) is 14.2. The largest absolute Gasteiger partial charge is 0.465 e. The number of amides is 3. The standard InChI is InChI=1S/C9H17N3O4/c1-3-10-7(13)5-11-9(15)12-6-8(14)16-4-2/h3-6H2,1-2H3,(H,10,13)(H2,11,12,15). The van der Waals surface area contributed by atoms with Crippen LogP contribution in [-0.4, -0.2) is 44.1 Å². The third-order valence-corrected chi connectivity index (χ3v) is 1.48. The first-order chi connectivity index (χ1) is 7.60. The monoisotopic (exact) mass is 231 g/mol. The van der Waals surface area contributed by atoms with Gasteiger partial charge in [-0.05, 0) is 13.8 Å². The molecule has 3 N–H and O–H groups in total. The van der Waals surface area contributed by atoms with Crippen molar-refractivity contribution in [3.05, 3.63) is 0 Å². The molecule has 0 saturated carbocycles. The molecule has 92 valence electrons. The Kier molecular flexibility index (Phi) is 7.56. The second-order valence-electron chi connectivity index (χ2n) is 2.79. The van der Waals surface area contributed by atoms with E-state index in [-0.39, 0.29) is 25.6 Å². The van der Waals surface area contributed by atoms with E-state index >= 15 is 0 Å². The van der Waals surface area contributed by atoms with Gasteiger partial charge in [-0.15, -0.1) is 0 Å². The van der Waals surface area contributed by atoms with Gasteiger partial charge in [-0.1, -0.05) is 0 Å². The zero-order valence-electron chi connectivity index (χ0n) is 9.46. The highest BCUT2D eigenvalue weighted by atomic mass is 16.5. The lowest BCUT2D eigenvalue weighted by molar-refractivity contribution is -0.141. The van der Waals surface area contributed by atoms with E-state index in [1.807, 2.05) is 0 Å². The minimum Gasteiger partial charge on any atom is -0.465 e. The van der Waals surface area contributed by atoms with E-state index in [9.17, 15) is 14.4 Å². The fourth-order valence-corrected chi connectivity index (χ4v) is 0.847. The molecule has 0 spiro atoms. The molecule has 0 aliphatic rings. The van der Waals surface area contributed by atoms with Crippen LogP contribution in [0.5, 0.6) is 0 Å². The lowest BCUT2D eigenvalue weighted by Crippen LogP contribution is -2.43. The number of carbonyl (C=O) groups is 3. The lowest BCUT2D eigenvalue weighted by atomic mass is 10.5. The lowest BCUT2D eigenvalue weighted by Gasteiger charge is -2.06. The molecule has 0 aliphatic carbocycles. The number of hydrogen-bond donors (Lipinski definition) is 3. The Morgan fingerprint density at radius 3 is 2.19 bits per heavy atom. The first-order valence-corrected chi connectivity index (χ1v) is 5.04. The van der Waals surface area contributed by atoms with Gasteiger partial charge >= 0.3 is 12.0 Å². The molecule has 0 fully saturated rings. The summed E-state index contributed by atoms with van der Waals surface area (Å²) >= 11 is 0. The van der Waals surface area contributed by atoms with Crippen LogP contribution in [0.2, 0.25) is 0 Å². The maximum atomic E-state index is 11.1. The van der Waals surface area contributed by atoms with Crippen molar-refractivity contribution in [2.45, 2.75) is 13.8 Å². The van der Waals surface area contributed by atoms with Crippen LogP contribution < -0.4 is 16.0 Å². The predicted octanol–water partition coefficient (Wildman–Crippen LogP) is -1.02. The Labute approximate surface area is 93.9 Å². The topological polar surface area (TPSA) is 96.5 Å². The maximum absolute atomic E-state index is 11.1. The Morgan fingerprint density at radius 2 is 1.62 bits per heavy atom. The number of urea groups is 1. The van der Waals surface area contributed by atoms with E-state index in [0.717, 1.165) is 0 Å². The van der Waals surface area contributed by atoms with Crippen molar-refractivity contribution in [1.82, 2.24) is 16.0 Å². The van der Waals surface area contributed by atoms with Crippen LogP contribution in [0, 0.1) is 0 Å². The quantitative estimate of drug-likeness (QED) is 0.510. The number of esters is 1. The van der Waals surface area contributed by atoms with Gasteiger partial charge in [0, 0.05) is 6.54 Å². The normalized spacial score (nSPS) is 9.12. The van der Waals surface area contributed by atoms with E-state index in [2.05, 4.69) is 20.7 Å².